The molecule has 5 nitrogen and oxygen atoms in total. The summed E-state index contributed by atoms with van der Waals surface area (Å²) in [4.78, 5) is 15.0. The Morgan fingerprint density at radius 2 is 1.92 bits per heavy atom. The molecule has 0 aromatic rings. The highest BCUT2D eigenvalue weighted by atomic mass is 16.2. The fourth-order valence-electron chi connectivity index (χ4n) is 4.40. The largest absolute Gasteiger partial charge is 0.336 e. The monoisotopic (exact) mass is 362 g/mol. The van der Waals surface area contributed by atoms with Gasteiger partial charge in [-0.05, 0) is 38.1 Å². The Morgan fingerprint density at radius 3 is 2.54 bits per heavy atom. The van der Waals surface area contributed by atoms with Crippen molar-refractivity contribution < 1.29 is 4.79 Å². The predicted molar refractivity (Wildman–Crippen MR) is 105 cm³/mol. The maximum atomic E-state index is 12.6. The first-order chi connectivity index (χ1) is 12.6. The van der Waals surface area contributed by atoms with Gasteiger partial charge in [-0.2, -0.15) is 5.26 Å². The molecule has 0 aromatic heterocycles. The lowest BCUT2D eigenvalue weighted by Crippen LogP contribution is -2.58. The van der Waals surface area contributed by atoms with Crippen LogP contribution >= 0.6 is 0 Å². The molecule has 3 N–H and O–H groups in total. The molecule has 0 radical (unpaired) electrons. The zero-order chi connectivity index (χ0) is 18.8. The van der Waals surface area contributed by atoms with Gasteiger partial charge in [0, 0.05) is 13.1 Å². The molecule has 0 spiro atoms. The van der Waals surface area contributed by atoms with Crippen LogP contribution in [0, 0.1) is 17.2 Å². The van der Waals surface area contributed by atoms with E-state index >= 15 is 0 Å². The van der Waals surface area contributed by atoms with Crippen molar-refractivity contribution in [3.8, 4) is 6.07 Å². The van der Waals surface area contributed by atoms with Gasteiger partial charge in [0.05, 0.1) is 12.1 Å². The van der Waals surface area contributed by atoms with Crippen LogP contribution in [0.1, 0.15) is 84.0 Å². The molecule has 0 aromatic carbocycles. The molecule has 1 saturated heterocycles. The SMILES string of the molecule is CCCCCCN1CCC(C#N)(NC(=O)C(N)CC2CCCCC2)CC1. The Morgan fingerprint density at radius 1 is 1.23 bits per heavy atom. The van der Waals surface area contributed by atoms with Crippen molar-refractivity contribution in [2.24, 2.45) is 11.7 Å². The van der Waals surface area contributed by atoms with Crippen LogP contribution in [0.3, 0.4) is 0 Å². The summed E-state index contributed by atoms with van der Waals surface area (Å²) in [5.41, 5.74) is 5.45. The van der Waals surface area contributed by atoms with Crippen LogP contribution in [0.25, 0.3) is 0 Å². The van der Waals surface area contributed by atoms with E-state index in [1.807, 2.05) is 0 Å². The van der Waals surface area contributed by atoms with E-state index in [0.717, 1.165) is 26.1 Å². The summed E-state index contributed by atoms with van der Waals surface area (Å²) >= 11 is 0. The van der Waals surface area contributed by atoms with E-state index in [2.05, 4.69) is 23.2 Å². The van der Waals surface area contributed by atoms with E-state index in [9.17, 15) is 10.1 Å². The van der Waals surface area contributed by atoms with Crippen molar-refractivity contribution in [3.63, 3.8) is 0 Å². The zero-order valence-electron chi connectivity index (χ0n) is 16.6. The topological polar surface area (TPSA) is 82.2 Å². The fraction of sp³-hybridized carbons (Fsp3) is 0.905. The first kappa shape index (κ1) is 21.2. The van der Waals surface area contributed by atoms with Crippen LogP contribution in [-0.2, 0) is 4.79 Å². The number of carbonyl (C=O) groups excluding carboxylic acids is 1. The summed E-state index contributed by atoms with van der Waals surface area (Å²) in [5.74, 6) is 0.445. The molecule has 5 heteroatoms. The lowest BCUT2D eigenvalue weighted by molar-refractivity contribution is -0.124. The lowest BCUT2D eigenvalue weighted by atomic mass is 9.84. The maximum Gasteiger partial charge on any atom is 0.238 e. The predicted octanol–water partition coefficient (Wildman–Crippen LogP) is 3.34. The molecule has 1 unspecified atom stereocenters. The highest BCUT2D eigenvalue weighted by Gasteiger charge is 2.37. The molecular weight excluding hydrogens is 324 g/mol. The minimum Gasteiger partial charge on any atom is -0.336 e. The van der Waals surface area contributed by atoms with Gasteiger partial charge in [0.1, 0.15) is 5.54 Å². The molecule has 148 valence electrons. The number of hydrogen-bond donors (Lipinski definition) is 2. The first-order valence-corrected chi connectivity index (χ1v) is 10.8. The normalized spacial score (nSPS) is 22.5. The van der Waals surface area contributed by atoms with Gasteiger partial charge in [-0.1, -0.05) is 58.3 Å². The molecular formula is C21H38N4O. The Hall–Kier alpha value is -1.12. The van der Waals surface area contributed by atoms with Crippen LogP contribution in [0.15, 0.2) is 0 Å². The average Bonchev–Trinajstić information content (AvgIpc) is 2.67. The van der Waals surface area contributed by atoms with Crippen molar-refractivity contribution >= 4 is 5.91 Å². The standard InChI is InChI=1S/C21H38N4O/c1-2-3-4-8-13-25-14-11-21(17-22,12-15-25)24-20(26)19(23)16-18-9-6-5-7-10-18/h18-19H,2-16,23H2,1H3,(H,24,26). The molecule has 1 aliphatic heterocycles. The van der Waals surface area contributed by atoms with Gasteiger partial charge in [-0.3, -0.25) is 4.79 Å². The van der Waals surface area contributed by atoms with E-state index in [0.29, 0.717) is 18.8 Å². The van der Waals surface area contributed by atoms with Crippen LogP contribution in [-0.4, -0.2) is 42.0 Å². The van der Waals surface area contributed by atoms with Gasteiger partial charge in [-0.25, -0.2) is 0 Å². The van der Waals surface area contributed by atoms with Crippen molar-refractivity contribution in [2.75, 3.05) is 19.6 Å². The van der Waals surface area contributed by atoms with Gasteiger partial charge in [0.15, 0.2) is 0 Å². The van der Waals surface area contributed by atoms with Crippen LogP contribution in [0.4, 0.5) is 0 Å². The molecule has 1 heterocycles. The van der Waals surface area contributed by atoms with E-state index in [1.165, 1.54) is 57.8 Å². The Labute approximate surface area is 159 Å². The number of nitrogens with zero attached hydrogens (tertiary/aromatic N) is 2. The second-order valence-electron chi connectivity index (χ2n) is 8.43. The van der Waals surface area contributed by atoms with Gasteiger partial charge >= 0.3 is 0 Å². The molecule has 1 aliphatic carbocycles. The van der Waals surface area contributed by atoms with Crippen molar-refractivity contribution in [2.45, 2.75) is 95.6 Å². The lowest BCUT2D eigenvalue weighted by Gasteiger charge is -2.38. The average molecular weight is 363 g/mol. The number of nitrogens with two attached hydrogens (primary N) is 1. The van der Waals surface area contributed by atoms with Crippen LogP contribution in [0.5, 0.6) is 0 Å². The van der Waals surface area contributed by atoms with Crippen molar-refractivity contribution in [1.82, 2.24) is 10.2 Å². The number of nitrogens with one attached hydrogen (secondary N) is 1. The second-order valence-corrected chi connectivity index (χ2v) is 8.43. The number of nitriles is 1. The molecule has 0 bridgehead atoms. The Kier molecular flexibility index (Phi) is 8.87. The van der Waals surface area contributed by atoms with E-state index in [1.54, 1.807) is 0 Å². The summed E-state index contributed by atoms with van der Waals surface area (Å²) in [6, 6.07) is 1.91. The quantitative estimate of drug-likeness (QED) is 0.616. The van der Waals surface area contributed by atoms with E-state index in [-0.39, 0.29) is 5.91 Å². The van der Waals surface area contributed by atoms with E-state index < -0.39 is 11.6 Å². The molecule has 2 fully saturated rings. The smallest absolute Gasteiger partial charge is 0.238 e. The minimum atomic E-state index is -0.721. The number of unbranched alkanes of at least 4 members (excludes halogenated alkanes) is 3. The molecule has 2 rings (SSSR count). The number of hydrogen-bond acceptors (Lipinski definition) is 4. The third kappa shape index (κ3) is 6.55. The summed E-state index contributed by atoms with van der Waals surface area (Å²) in [5, 5.41) is 12.7. The highest BCUT2D eigenvalue weighted by molar-refractivity contribution is 5.82. The maximum absolute atomic E-state index is 12.6. The minimum absolute atomic E-state index is 0.131. The number of piperidine rings is 1. The number of likely N-dealkylation sites (tertiary alicyclic amines) is 1. The summed E-state index contributed by atoms with van der Waals surface area (Å²) < 4.78 is 0. The van der Waals surface area contributed by atoms with Gasteiger partial charge < -0.3 is 16.0 Å². The first-order valence-electron chi connectivity index (χ1n) is 10.8. The Balaban J connectivity index is 1.75. The van der Waals surface area contributed by atoms with Gasteiger partial charge in [0.25, 0.3) is 0 Å². The number of rotatable bonds is 9. The molecule has 1 saturated carbocycles. The van der Waals surface area contributed by atoms with Crippen LogP contribution < -0.4 is 11.1 Å². The van der Waals surface area contributed by atoms with Crippen LogP contribution in [0.2, 0.25) is 0 Å². The third-order valence-corrected chi connectivity index (χ3v) is 6.26. The van der Waals surface area contributed by atoms with Gasteiger partial charge in [0.2, 0.25) is 5.91 Å². The third-order valence-electron chi connectivity index (χ3n) is 6.26. The zero-order valence-corrected chi connectivity index (χ0v) is 16.6. The number of carbonyl (C=O) groups is 1. The number of amides is 1. The van der Waals surface area contributed by atoms with Crippen molar-refractivity contribution in [1.29, 1.82) is 5.26 Å². The van der Waals surface area contributed by atoms with E-state index in [4.69, 9.17) is 5.73 Å². The van der Waals surface area contributed by atoms with Crippen molar-refractivity contribution in [3.05, 3.63) is 0 Å². The molecule has 1 amide bonds. The summed E-state index contributed by atoms with van der Waals surface area (Å²) in [7, 11) is 0. The molecule has 26 heavy (non-hydrogen) atoms. The molecule has 1 atom stereocenters. The Bertz CT molecular complexity index is 459. The fourth-order valence-corrected chi connectivity index (χ4v) is 4.40. The highest BCUT2D eigenvalue weighted by Crippen LogP contribution is 2.27. The second kappa shape index (κ2) is 10.9. The molecule has 2 aliphatic rings. The summed E-state index contributed by atoms with van der Waals surface area (Å²) in [6.45, 7) is 5.11. The summed E-state index contributed by atoms with van der Waals surface area (Å²) in [6.07, 6.45) is 13.4. The van der Waals surface area contributed by atoms with Gasteiger partial charge in [-0.15, -0.1) is 0 Å².